The molecule has 146 valence electrons. The molecule has 0 unspecified atom stereocenters. The maximum absolute atomic E-state index is 12.7. The molecular weight excluding hydrogens is 334 g/mol. The van der Waals surface area contributed by atoms with Gasteiger partial charge in [-0.1, -0.05) is 67.6 Å². The van der Waals surface area contributed by atoms with Gasteiger partial charge in [0.2, 0.25) is 0 Å². The Labute approximate surface area is 164 Å². The van der Waals surface area contributed by atoms with Gasteiger partial charge in [0.15, 0.2) is 0 Å². The minimum absolute atomic E-state index is 0.0373. The van der Waals surface area contributed by atoms with Crippen molar-refractivity contribution in [3.8, 4) is 0 Å². The van der Waals surface area contributed by atoms with E-state index in [1.165, 1.54) is 11.1 Å². The molecule has 0 saturated carbocycles. The van der Waals surface area contributed by atoms with Gasteiger partial charge in [-0.3, -0.25) is 9.69 Å². The lowest BCUT2D eigenvalue weighted by Gasteiger charge is -2.38. The molecule has 2 aromatic carbocycles. The van der Waals surface area contributed by atoms with Crippen molar-refractivity contribution in [1.29, 1.82) is 0 Å². The van der Waals surface area contributed by atoms with Crippen LogP contribution in [0.1, 0.15) is 58.7 Å². The molecule has 0 radical (unpaired) electrons. The van der Waals surface area contributed by atoms with Crippen LogP contribution >= 0.6 is 0 Å². The Kier molecular flexibility index (Phi) is 7.20. The summed E-state index contributed by atoms with van der Waals surface area (Å²) in [6.07, 6.45) is 0. The first-order valence-corrected chi connectivity index (χ1v) is 9.76. The van der Waals surface area contributed by atoms with E-state index >= 15 is 0 Å². The topological polar surface area (TPSA) is 29.5 Å². The van der Waals surface area contributed by atoms with Crippen LogP contribution in [0.4, 0.5) is 0 Å². The molecule has 0 N–H and O–H groups in total. The Morgan fingerprint density at radius 3 is 1.96 bits per heavy atom. The standard InChI is InChI=1S/C24H33NO2/c1-18(23(26)27-24(4,5)6)19(2)25(17-21-13-9-7-10-14-21)20(3)22-15-11-8-12-16-22/h7-16,18-20H,17H2,1-6H3/t18-,19-,20-/m0/s1. The number of carbonyl (C=O) groups excluding carboxylic acids is 1. The summed E-state index contributed by atoms with van der Waals surface area (Å²) in [7, 11) is 0. The van der Waals surface area contributed by atoms with Crippen LogP contribution in [0.25, 0.3) is 0 Å². The summed E-state index contributed by atoms with van der Waals surface area (Å²) < 4.78 is 5.64. The quantitative estimate of drug-likeness (QED) is 0.595. The molecule has 0 aliphatic heterocycles. The molecule has 0 heterocycles. The van der Waals surface area contributed by atoms with Crippen molar-refractivity contribution in [2.24, 2.45) is 5.92 Å². The van der Waals surface area contributed by atoms with Crippen LogP contribution in [0, 0.1) is 5.92 Å². The zero-order valence-corrected chi connectivity index (χ0v) is 17.5. The fraction of sp³-hybridized carbons (Fsp3) is 0.458. The average Bonchev–Trinajstić information content (AvgIpc) is 2.64. The van der Waals surface area contributed by atoms with Gasteiger partial charge in [-0.05, 0) is 45.7 Å². The van der Waals surface area contributed by atoms with E-state index in [-0.39, 0.29) is 24.0 Å². The summed E-state index contributed by atoms with van der Waals surface area (Å²) >= 11 is 0. The highest BCUT2D eigenvalue weighted by Crippen LogP contribution is 2.28. The summed E-state index contributed by atoms with van der Waals surface area (Å²) in [6, 6.07) is 21.1. The fourth-order valence-electron chi connectivity index (χ4n) is 3.23. The molecule has 0 spiro atoms. The number of hydrogen-bond acceptors (Lipinski definition) is 3. The highest BCUT2D eigenvalue weighted by Gasteiger charge is 2.32. The summed E-state index contributed by atoms with van der Waals surface area (Å²) in [5.74, 6) is -0.368. The average molecular weight is 368 g/mol. The molecule has 2 aromatic rings. The van der Waals surface area contributed by atoms with Crippen molar-refractivity contribution in [3.63, 3.8) is 0 Å². The SMILES string of the molecule is C[C@H](C(=O)OC(C)(C)C)[C@H](C)N(Cc1ccccc1)[C@@H](C)c1ccccc1. The van der Waals surface area contributed by atoms with Gasteiger partial charge in [-0.2, -0.15) is 0 Å². The lowest BCUT2D eigenvalue weighted by Crippen LogP contribution is -2.43. The lowest BCUT2D eigenvalue weighted by atomic mass is 9.96. The normalized spacial score (nSPS) is 15.2. The van der Waals surface area contributed by atoms with Gasteiger partial charge in [0.05, 0.1) is 5.92 Å². The van der Waals surface area contributed by atoms with E-state index in [0.717, 1.165) is 6.54 Å². The molecule has 0 aromatic heterocycles. The summed E-state index contributed by atoms with van der Waals surface area (Å²) in [4.78, 5) is 15.1. The first-order valence-electron chi connectivity index (χ1n) is 9.76. The molecule has 0 bridgehead atoms. The van der Waals surface area contributed by atoms with Crippen molar-refractivity contribution in [1.82, 2.24) is 4.90 Å². The van der Waals surface area contributed by atoms with Crippen LogP contribution in [0.5, 0.6) is 0 Å². The minimum Gasteiger partial charge on any atom is -0.460 e. The zero-order valence-electron chi connectivity index (χ0n) is 17.5. The number of esters is 1. The number of benzene rings is 2. The zero-order chi connectivity index (χ0) is 20.0. The molecule has 0 saturated heterocycles. The number of carbonyl (C=O) groups is 1. The number of nitrogens with zero attached hydrogens (tertiary/aromatic N) is 1. The van der Waals surface area contributed by atoms with Crippen LogP contribution in [0.15, 0.2) is 60.7 Å². The van der Waals surface area contributed by atoms with E-state index in [4.69, 9.17) is 4.74 Å². The third-order valence-corrected chi connectivity index (χ3v) is 5.01. The Balaban J connectivity index is 2.26. The lowest BCUT2D eigenvalue weighted by molar-refractivity contribution is -0.162. The first kappa shape index (κ1) is 21.2. The Morgan fingerprint density at radius 1 is 0.926 bits per heavy atom. The fourth-order valence-corrected chi connectivity index (χ4v) is 3.23. The van der Waals surface area contributed by atoms with E-state index in [2.05, 4.69) is 67.3 Å². The van der Waals surface area contributed by atoms with Gasteiger partial charge >= 0.3 is 5.97 Å². The second-order valence-corrected chi connectivity index (χ2v) is 8.31. The molecule has 0 fully saturated rings. The highest BCUT2D eigenvalue weighted by atomic mass is 16.6. The minimum atomic E-state index is -0.472. The number of ether oxygens (including phenoxy) is 1. The van der Waals surface area contributed by atoms with Crippen molar-refractivity contribution >= 4 is 5.97 Å². The predicted octanol–water partition coefficient (Wildman–Crippen LogP) is 5.62. The van der Waals surface area contributed by atoms with E-state index < -0.39 is 5.60 Å². The maximum atomic E-state index is 12.7. The van der Waals surface area contributed by atoms with Crippen molar-refractivity contribution in [2.75, 3.05) is 0 Å². The van der Waals surface area contributed by atoms with Crippen LogP contribution in [0.2, 0.25) is 0 Å². The number of hydrogen-bond donors (Lipinski definition) is 0. The van der Waals surface area contributed by atoms with Gasteiger partial charge in [0, 0.05) is 18.6 Å². The molecule has 3 atom stereocenters. The smallest absolute Gasteiger partial charge is 0.310 e. The van der Waals surface area contributed by atoms with Crippen LogP contribution in [0.3, 0.4) is 0 Å². The predicted molar refractivity (Wildman–Crippen MR) is 111 cm³/mol. The van der Waals surface area contributed by atoms with E-state index in [1.54, 1.807) is 0 Å². The third-order valence-electron chi connectivity index (χ3n) is 5.01. The molecule has 2 rings (SSSR count). The van der Waals surface area contributed by atoms with Gasteiger partial charge in [0.1, 0.15) is 5.60 Å². The molecular formula is C24H33NO2. The van der Waals surface area contributed by atoms with Crippen LogP contribution in [-0.2, 0) is 16.1 Å². The van der Waals surface area contributed by atoms with E-state index in [1.807, 2.05) is 39.8 Å². The Bertz CT molecular complexity index is 706. The van der Waals surface area contributed by atoms with Crippen molar-refractivity contribution in [2.45, 2.75) is 65.8 Å². The van der Waals surface area contributed by atoms with E-state index in [0.29, 0.717) is 0 Å². The molecule has 3 heteroatoms. The Hall–Kier alpha value is -2.13. The monoisotopic (exact) mass is 367 g/mol. The highest BCUT2D eigenvalue weighted by molar-refractivity contribution is 5.73. The summed E-state index contributed by atoms with van der Waals surface area (Å²) in [6.45, 7) is 12.8. The van der Waals surface area contributed by atoms with Gasteiger partial charge in [-0.25, -0.2) is 0 Å². The molecule has 3 nitrogen and oxygen atoms in total. The summed E-state index contributed by atoms with van der Waals surface area (Å²) in [5, 5.41) is 0. The van der Waals surface area contributed by atoms with Gasteiger partial charge in [0.25, 0.3) is 0 Å². The first-order chi connectivity index (χ1) is 12.7. The largest absolute Gasteiger partial charge is 0.460 e. The third kappa shape index (κ3) is 6.21. The molecule has 0 amide bonds. The molecule has 0 aliphatic carbocycles. The van der Waals surface area contributed by atoms with Crippen molar-refractivity contribution in [3.05, 3.63) is 71.8 Å². The van der Waals surface area contributed by atoms with Crippen molar-refractivity contribution < 1.29 is 9.53 Å². The second-order valence-electron chi connectivity index (χ2n) is 8.31. The molecule has 0 aliphatic rings. The van der Waals surface area contributed by atoms with E-state index in [9.17, 15) is 4.79 Å². The maximum Gasteiger partial charge on any atom is 0.310 e. The number of rotatable bonds is 7. The van der Waals surface area contributed by atoms with Crippen LogP contribution < -0.4 is 0 Å². The molecule has 27 heavy (non-hydrogen) atoms. The second kappa shape index (κ2) is 9.18. The van der Waals surface area contributed by atoms with Crippen LogP contribution in [-0.4, -0.2) is 22.5 Å². The summed E-state index contributed by atoms with van der Waals surface area (Å²) in [5.41, 5.74) is 2.01. The van der Waals surface area contributed by atoms with Gasteiger partial charge < -0.3 is 4.74 Å². The van der Waals surface area contributed by atoms with Gasteiger partial charge in [-0.15, -0.1) is 0 Å². The Morgan fingerprint density at radius 2 is 1.44 bits per heavy atom.